The molecule has 0 saturated carbocycles. The number of benzene rings is 1. The zero-order chi connectivity index (χ0) is 15.3. The van der Waals surface area contributed by atoms with E-state index >= 15 is 0 Å². The summed E-state index contributed by atoms with van der Waals surface area (Å²) in [6, 6.07) is 4.32. The van der Waals surface area contributed by atoms with E-state index in [1.54, 1.807) is 4.90 Å². The highest BCUT2D eigenvalue weighted by atomic mass is 79.9. The van der Waals surface area contributed by atoms with Gasteiger partial charge in [0.25, 0.3) is 5.69 Å². The lowest BCUT2D eigenvalue weighted by molar-refractivity contribution is -0.384. The van der Waals surface area contributed by atoms with Crippen molar-refractivity contribution in [2.24, 2.45) is 5.92 Å². The van der Waals surface area contributed by atoms with Crippen LogP contribution < -0.4 is 4.90 Å². The molecule has 1 aromatic carbocycles. The van der Waals surface area contributed by atoms with Crippen molar-refractivity contribution in [1.82, 2.24) is 0 Å². The summed E-state index contributed by atoms with van der Waals surface area (Å²) in [6.45, 7) is 4.88. The quantitative estimate of drug-likeness (QED) is 0.580. The average molecular weight is 344 g/mol. The third-order valence-corrected chi connectivity index (χ3v) is 3.24. The van der Waals surface area contributed by atoms with Crippen molar-refractivity contribution in [3.8, 4) is 6.07 Å². The second kappa shape index (κ2) is 7.20. The van der Waals surface area contributed by atoms with E-state index in [9.17, 15) is 14.5 Å². The summed E-state index contributed by atoms with van der Waals surface area (Å²) in [5, 5.41) is 19.8. The normalized spacial score (nSPS) is 10.4. The Morgan fingerprint density at radius 3 is 2.70 bits per heavy atom. The lowest BCUT2D eigenvalue weighted by Crippen LogP contribution is -2.29. The van der Waals surface area contributed by atoms with Gasteiger partial charge in [-0.3, -0.25) is 10.1 Å². The average Bonchev–Trinajstić information content (AvgIpc) is 2.36. The SMILES string of the molecule is CC(C)CN(CCC#N)c1cc(Br)c(F)cc1[N+](=O)[O-]. The second-order valence-electron chi connectivity index (χ2n) is 4.76. The highest BCUT2D eigenvalue weighted by molar-refractivity contribution is 9.10. The fourth-order valence-electron chi connectivity index (χ4n) is 1.86. The second-order valence-corrected chi connectivity index (χ2v) is 5.61. The molecule has 0 bridgehead atoms. The molecule has 0 amide bonds. The fraction of sp³-hybridized carbons (Fsp3) is 0.462. The number of anilines is 1. The van der Waals surface area contributed by atoms with E-state index in [-0.39, 0.29) is 22.5 Å². The maximum Gasteiger partial charge on any atom is 0.295 e. The van der Waals surface area contributed by atoms with Crippen molar-refractivity contribution >= 4 is 27.3 Å². The molecule has 1 rings (SSSR count). The molecule has 0 unspecified atom stereocenters. The molecule has 0 aliphatic heterocycles. The number of nitrogens with zero attached hydrogens (tertiary/aromatic N) is 3. The Morgan fingerprint density at radius 2 is 2.20 bits per heavy atom. The predicted octanol–water partition coefficient (Wildman–Crippen LogP) is 3.87. The van der Waals surface area contributed by atoms with Crippen LogP contribution in [0.25, 0.3) is 0 Å². The number of nitro groups is 1. The van der Waals surface area contributed by atoms with Crippen LogP contribution in [0.15, 0.2) is 16.6 Å². The molecule has 0 aliphatic rings. The monoisotopic (exact) mass is 343 g/mol. The topological polar surface area (TPSA) is 70.2 Å². The van der Waals surface area contributed by atoms with Gasteiger partial charge >= 0.3 is 0 Å². The standard InChI is InChI=1S/C13H15BrFN3O2/c1-9(2)8-17(5-3-4-16)12-6-10(14)11(15)7-13(12)18(19)20/h6-7,9H,3,5,8H2,1-2H3. The van der Waals surface area contributed by atoms with Gasteiger partial charge in [-0.2, -0.15) is 5.26 Å². The zero-order valence-electron chi connectivity index (χ0n) is 11.3. The minimum absolute atomic E-state index is 0.170. The first-order valence-electron chi connectivity index (χ1n) is 6.12. The van der Waals surface area contributed by atoms with Crippen LogP contribution in [-0.2, 0) is 0 Å². The van der Waals surface area contributed by atoms with Crippen molar-refractivity contribution in [2.75, 3.05) is 18.0 Å². The molecule has 0 heterocycles. The van der Waals surface area contributed by atoms with Gasteiger partial charge in [-0.25, -0.2) is 4.39 Å². The van der Waals surface area contributed by atoms with Crippen LogP contribution in [0.2, 0.25) is 0 Å². The van der Waals surface area contributed by atoms with Gasteiger partial charge in [0.05, 0.1) is 28.0 Å². The first-order valence-corrected chi connectivity index (χ1v) is 6.91. The Labute approximate surface area is 125 Å². The third kappa shape index (κ3) is 4.17. The molecule has 1 aromatic rings. The molecule has 0 aromatic heterocycles. The minimum atomic E-state index is -0.676. The van der Waals surface area contributed by atoms with Crippen molar-refractivity contribution in [1.29, 1.82) is 5.26 Å². The van der Waals surface area contributed by atoms with Gasteiger partial charge in [0.1, 0.15) is 11.5 Å². The molecule has 0 spiro atoms. The molecule has 5 nitrogen and oxygen atoms in total. The van der Waals surface area contributed by atoms with Crippen LogP contribution in [0.3, 0.4) is 0 Å². The lowest BCUT2D eigenvalue weighted by Gasteiger charge is -2.25. The van der Waals surface area contributed by atoms with Crippen molar-refractivity contribution in [2.45, 2.75) is 20.3 Å². The Kier molecular flexibility index (Phi) is 5.89. The molecule has 7 heteroatoms. The lowest BCUT2D eigenvalue weighted by atomic mass is 10.1. The van der Waals surface area contributed by atoms with E-state index < -0.39 is 10.7 Å². The molecule has 20 heavy (non-hydrogen) atoms. The maximum absolute atomic E-state index is 13.5. The summed E-state index contributed by atoms with van der Waals surface area (Å²) in [6.07, 6.45) is 0.249. The van der Waals surface area contributed by atoms with Crippen LogP contribution in [0.5, 0.6) is 0 Å². The highest BCUT2D eigenvalue weighted by Gasteiger charge is 2.22. The Balaban J connectivity index is 3.26. The van der Waals surface area contributed by atoms with E-state index in [4.69, 9.17) is 5.26 Å². The molecule has 0 fully saturated rings. The van der Waals surface area contributed by atoms with E-state index in [0.717, 1.165) is 6.07 Å². The van der Waals surface area contributed by atoms with Crippen LogP contribution in [0.4, 0.5) is 15.8 Å². The van der Waals surface area contributed by atoms with Crippen LogP contribution in [-0.4, -0.2) is 18.0 Å². The zero-order valence-corrected chi connectivity index (χ0v) is 12.9. The summed E-state index contributed by atoms with van der Waals surface area (Å²) < 4.78 is 13.6. The van der Waals surface area contributed by atoms with Gasteiger partial charge in [0.15, 0.2) is 0 Å². The number of rotatable bonds is 6. The van der Waals surface area contributed by atoms with Gasteiger partial charge in [0, 0.05) is 13.1 Å². The Morgan fingerprint density at radius 1 is 1.55 bits per heavy atom. The molecule has 0 saturated heterocycles. The van der Waals surface area contributed by atoms with Crippen molar-refractivity contribution < 1.29 is 9.31 Å². The minimum Gasteiger partial charge on any atom is -0.365 e. The van der Waals surface area contributed by atoms with E-state index in [1.165, 1.54) is 6.07 Å². The van der Waals surface area contributed by atoms with Gasteiger partial charge in [-0.1, -0.05) is 13.8 Å². The number of nitriles is 1. The largest absolute Gasteiger partial charge is 0.365 e. The first kappa shape index (κ1) is 16.4. The summed E-state index contributed by atoms with van der Waals surface area (Å²) in [7, 11) is 0. The number of halogens is 2. The van der Waals surface area contributed by atoms with Gasteiger partial charge in [-0.05, 0) is 27.9 Å². The predicted molar refractivity (Wildman–Crippen MR) is 78.0 cm³/mol. The van der Waals surface area contributed by atoms with E-state index in [1.807, 2.05) is 19.9 Å². The highest BCUT2D eigenvalue weighted by Crippen LogP contribution is 2.33. The Hall–Kier alpha value is -1.68. The van der Waals surface area contributed by atoms with E-state index in [0.29, 0.717) is 18.8 Å². The molecular formula is C13H15BrFN3O2. The third-order valence-electron chi connectivity index (χ3n) is 2.63. The number of hydrogen-bond acceptors (Lipinski definition) is 4. The summed E-state index contributed by atoms with van der Waals surface area (Å²) in [5.41, 5.74) is 0.0384. The summed E-state index contributed by atoms with van der Waals surface area (Å²) in [5.74, 6) is -0.414. The number of nitro benzene ring substituents is 1. The van der Waals surface area contributed by atoms with Crippen molar-refractivity contribution in [3.05, 3.63) is 32.5 Å². The number of hydrogen-bond donors (Lipinski definition) is 0. The maximum atomic E-state index is 13.5. The van der Waals surface area contributed by atoms with Crippen LogP contribution in [0.1, 0.15) is 20.3 Å². The fourth-order valence-corrected chi connectivity index (χ4v) is 2.19. The van der Waals surface area contributed by atoms with Crippen LogP contribution in [0, 0.1) is 33.2 Å². The molecule has 0 radical (unpaired) electrons. The smallest absolute Gasteiger partial charge is 0.295 e. The first-order chi connectivity index (χ1) is 9.36. The molecule has 108 valence electrons. The molecule has 0 atom stereocenters. The van der Waals surface area contributed by atoms with Gasteiger partial charge in [0.2, 0.25) is 0 Å². The molecule has 0 aliphatic carbocycles. The summed E-state index contributed by atoms with van der Waals surface area (Å²) in [4.78, 5) is 12.2. The van der Waals surface area contributed by atoms with E-state index in [2.05, 4.69) is 15.9 Å². The molecule has 0 N–H and O–H groups in total. The van der Waals surface area contributed by atoms with Crippen molar-refractivity contribution in [3.63, 3.8) is 0 Å². The van der Waals surface area contributed by atoms with Gasteiger partial charge in [-0.15, -0.1) is 0 Å². The summed E-state index contributed by atoms with van der Waals surface area (Å²) >= 11 is 3.04. The molecular weight excluding hydrogens is 329 g/mol. The van der Waals surface area contributed by atoms with Crippen LogP contribution >= 0.6 is 15.9 Å². The Bertz CT molecular complexity index is 543. The van der Waals surface area contributed by atoms with Gasteiger partial charge < -0.3 is 4.90 Å².